The van der Waals surface area contributed by atoms with Gasteiger partial charge >= 0.3 is 12.0 Å². The largest absolute Gasteiger partial charge is 0.479 e. The quantitative estimate of drug-likeness (QED) is 0.766. The summed E-state index contributed by atoms with van der Waals surface area (Å²) in [4.78, 5) is 36.9. The molecule has 7 heteroatoms. The van der Waals surface area contributed by atoms with Gasteiger partial charge in [0.15, 0.2) is 6.04 Å². The fourth-order valence-electron chi connectivity index (χ4n) is 2.40. The van der Waals surface area contributed by atoms with E-state index in [2.05, 4.69) is 10.6 Å². The molecule has 1 heterocycles. The molecule has 1 aromatic rings. The fourth-order valence-corrected chi connectivity index (χ4v) is 2.40. The number of hydrogen-bond acceptors (Lipinski definition) is 3. The van der Waals surface area contributed by atoms with Crippen LogP contribution in [0.15, 0.2) is 30.3 Å². The Morgan fingerprint density at radius 3 is 2.55 bits per heavy atom. The molecule has 3 atom stereocenters. The summed E-state index contributed by atoms with van der Waals surface area (Å²) in [6.07, 6.45) is 0. The molecule has 1 aliphatic heterocycles. The van der Waals surface area contributed by atoms with Crippen LogP contribution in [0.3, 0.4) is 0 Å². The second-order valence-corrected chi connectivity index (χ2v) is 5.37. The predicted molar refractivity (Wildman–Crippen MR) is 79.1 cm³/mol. The number of nitrogens with zero attached hydrogens (tertiary/aromatic N) is 1. The van der Waals surface area contributed by atoms with Crippen LogP contribution in [0.1, 0.15) is 25.5 Å². The summed E-state index contributed by atoms with van der Waals surface area (Å²) in [6.45, 7) is 3.73. The SMILES string of the molecule is CC1CN(C(=O)NC(C(=O)O)c2ccccc2)C(C)C(=O)N1. The van der Waals surface area contributed by atoms with E-state index in [-0.39, 0.29) is 11.9 Å². The van der Waals surface area contributed by atoms with Gasteiger partial charge in [-0.15, -0.1) is 0 Å². The smallest absolute Gasteiger partial charge is 0.330 e. The molecule has 0 bridgehead atoms. The molecule has 3 unspecified atom stereocenters. The first-order valence-corrected chi connectivity index (χ1v) is 7.05. The highest BCUT2D eigenvalue weighted by molar-refractivity contribution is 5.90. The lowest BCUT2D eigenvalue weighted by molar-refractivity contribution is -0.139. The van der Waals surface area contributed by atoms with Crippen LogP contribution in [0.5, 0.6) is 0 Å². The maximum Gasteiger partial charge on any atom is 0.330 e. The topological polar surface area (TPSA) is 98.7 Å². The molecule has 1 aliphatic rings. The molecule has 0 aromatic heterocycles. The lowest BCUT2D eigenvalue weighted by Gasteiger charge is -2.37. The Balaban J connectivity index is 2.15. The number of carboxylic acid groups (broad SMARTS) is 1. The zero-order chi connectivity index (χ0) is 16.3. The van der Waals surface area contributed by atoms with Gasteiger partial charge in [0.25, 0.3) is 0 Å². The van der Waals surface area contributed by atoms with Crippen LogP contribution in [0, 0.1) is 0 Å². The molecule has 0 saturated carbocycles. The molecular weight excluding hydrogens is 286 g/mol. The molecule has 118 valence electrons. The second-order valence-electron chi connectivity index (χ2n) is 5.37. The van der Waals surface area contributed by atoms with Gasteiger partial charge in [-0.05, 0) is 19.4 Å². The van der Waals surface area contributed by atoms with Crippen molar-refractivity contribution >= 4 is 17.9 Å². The molecule has 0 radical (unpaired) electrons. The number of benzene rings is 1. The third-order valence-electron chi connectivity index (χ3n) is 3.61. The molecule has 7 nitrogen and oxygen atoms in total. The molecule has 22 heavy (non-hydrogen) atoms. The summed E-state index contributed by atoms with van der Waals surface area (Å²) in [5, 5.41) is 14.6. The monoisotopic (exact) mass is 305 g/mol. The molecule has 1 fully saturated rings. The highest BCUT2D eigenvalue weighted by Gasteiger charge is 2.34. The molecule has 2 rings (SSSR count). The Morgan fingerprint density at radius 2 is 1.95 bits per heavy atom. The molecule has 3 N–H and O–H groups in total. The maximum absolute atomic E-state index is 12.4. The summed E-state index contributed by atoms with van der Waals surface area (Å²) >= 11 is 0. The van der Waals surface area contributed by atoms with Gasteiger partial charge in [-0.2, -0.15) is 0 Å². The zero-order valence-electron chi connectivity index (χ0n) is 12.4. The van der Waals surface area contributed by atoms with Crippen molar-refractivity contribution in [2.24, 2.45) is 0 Å². The minimum absolute atomic E-state index is 0.172. The van der Waals surface area contributed by atoms with Crippen molar-refractivity contribution in [1.29, 1.82) is 0 Å². The number of rotatable bonds is 3. The van der Waals surface area contributed by atoms with E-state index in [0.717, 1.165) is 0 Å². The van der Waals surface area contributed by atoms with Crippen molar-refractivity contribution in [3.63, 3.8) is 0 Å². The van der Waals surface area contributed by atoms with Gasteiger partial charge in [0, 0.05) is 12.6 Å². The first-order chi connectivity index (χ1) is 10.4. The van der Waals surface area contributed by atoms with Gasteiger partial charge in [-0.25, -0.2) is 9.59 Å². The maximum atomic E-state index is 12.4. The highest BCUT2D eigenvalue weighted by Crippen LogP contribution is 2.15. The van der Waals surface area contributed by atoms with Crippen LogP contribution in [0.25, 0.3) is 0 Å². The highest BCUT2D eigenvalue weighted by atomic mass is 16.4. The summed E-state index contributed by atoms with van der Waals surface area (Å²) in [7, 11) is 0. The molecule has 0 spiro atoms. The molecule has 0 aliphatic carbocycles. The summed E-state index contributed by atoms with van der Waals surface area (Å²) < 4.78 is 0. The number of hydrogen-bond donors (Lipinski definition) is 3. The number of aliphatic carboxylic acids is 1. The summed E-state index contributed by atoms with van der Waals surface area (Å²) in [5.41, 5.74) is 0.477. The van der Waals surface area contributed by atoms with Crippen LogP contribution in [0.4, 0.5) is 4.79 Å². The lowest BCUT2D eigenvalue weighted by atomic mass is 10.1. The Bertz CT molecular complexity index is 575. The minimum Gasteiger partial charge on any atom is -0.479 e. The summed E-state index contributed by atoms with van der Waals surface area (Å²) in [5.74, 6) is -1.40. The predicted octanol–water partition coefficient (Wildman–Crippen LogP) is 0.731. The first kappa shape index (κ1) is 15.8. The number of carbonyl (C=O) groups is 3. The number of amides is 3. The fraction of sp³-hybridized carbons (Fsp3) is 0.400. The van der Waals surface area contributed by atoms with E-state index in [9.17, 15) is 19.5 Å². The molecule has 1 aromatic carbocycles. The van der Waals surface area contributed by atoms with E-state index in [1.165, 1.54) is 4.90 Å². The van der Waals surface area contributed by atoms with Crippen LogP contribution in [-0.2, 0) is 9.59 Å². The Labute approximate surface area is 128 Å². The van der Waals surface area contributed by atoms with Crippen molar-refractivity contribution in [2.45, 2.75) is 32.0 Å². The first-order valence-electron chi connectivity index (χ1n) is 7.05. The van der Waals surface area contributed by atoms with Gasteiger partial charge in [0.1, 0.15) is 6.04 Å². The Kier molecular flexibility index (Phi) is 4.65. The molecule has 3 amide bonds. The van der Waals surface area contributed by atoms with Crippen LogP contribution >= 0.6 is 0 Å². The van der Waals surface area contributed by atoms with Crippen molar-refractivity contribution in [3.05, 3.63) is 35.9 Å². The van der Waals surface area contributed by atoms with Crippen molar-refractivity contribution in [2.75, 3.05) is 6.54 Å². The van der Waals surface area contributed by atoms with Gasteiger partial charge < -0.3 is 20.6 Å². The zero-order valence-corrected chi connectivity index (χ0v) is 12.4. The van der Waals surface area contributed by atoms with E-state index in [0.29, 0.717) is 12.1 Å². The van der Waals surface area contributed by atoms with E-state index in [1.54, 1.807) is 44.2 Å². The normalized spacial score (nSPS) is 22.6. The van der Waals surface area contributed by atoms with E-state index >= 15 is 0 Å². The van der Waals surface area contributed by atoms with Crippen LogP contribution in [-0.4, -0.2) is 46.5 Å². The average molecular weight is 305 g/mol. The van der Waals surface area contributed by atoms with Crippen molar-refractivity contribution < 1.29 is 19.5 Å². The lowest BCUT2D eigenvalue weighted by Crippen LogP contribution is -2.61. The molecular formula is C15H19N3O4. The second kappa shape index (κ2) is 6.46. The van der Waals surface area contributed by atoms with E-state index in [1.807, 2.05) is 0 Å². The van der Waals surface area contributed by atoms with Crippen LogP contribution in [0.2, 0.25) is 0 Å². The van der Waals surface area contributed by atoms with Gasteiger partial charge in [0.05, 0.1) is 0 Å². The van der Waals surface area contributed by atoms with Crippen molar-refractivity contribution in [3.8, 4) is 0 Å². The Morgan fingerprint density at radius 1 is 1.32 bits per heavy atom. The minimum atomic E-state index is -1.15. The third-order valence-corrected chi connectivity index (χ3v) is 3.61. The summed E-state index contributed by atoms with van der Waals surface area (Å²) in [6, 6.07) is 5.92. The van der Waals surface area contributed by atoms with Gasteiger partial charge in [-0.3, -0.25) is 4.79 Å². The average Bonchev–Trinajstić information content (AvgIpc) is 2.48. The van der Waals surface area contributed by atoms with Gasteiger partial charge in [0.2, 0.25) is 5.91 Å². The van der Waals surface area contributed by atoms with E-state index < -0.39 is 24.1 Å². The number of urea groups is 1. The number of nitrogens with one attached hydrogen (secondary N) is 2. The van der Waals surface area contributed by atoms with E-state index in [4.69, 9.17) is 0 Å². The molecule has 1 saturated heterocycles. The third kappa shape index (κ3) is 3.36. The number of carboxylic acids is 1. The standard InChI is InChI=1S/C15H19N3O4/c1-9-8-18(10(2)13(19)16-9)15(22)17-12(14(20)21)11-6-4-3-5-7-11/h3-7,9-10,12H,8H2,1-2H3,(H,16,19)(H,17,22)(H,20,21). The van der Waals surface area contributed by atoms with Crippen molar-refractivity contribution in [1.82, 2.24) is 15.5 Å². The van der Waals surface area contributed by atoms with Gasteiger partial charge in [-0.1, -0.05) is 30.3 Å². The Hall–Kier alpha value is -2.57. The van der Waals surface area contributed by atoms with Crippen LogP contribution < -0.4 is 10.6 Å². The number of carbonyl (C=O) groups excluding carboxylic acids is 2. The number of piperazine rings is 1.